The molecule has 6 heteroatoms. The number of halogens is 1. The highest BCUT2D eigenvalue weighted by atomic mass is 19.1. The Hall–Kier alpha value is -2.94. The molecule has 0 amide bonds. The lowest BCUT2D eigenvalue weighted by Gasteiger charge is -2.10. The van der Waals surface area contributed by atoms with Gasteiger partial charge in [0.05, 0.1) is 22.6 Å². The lowest BCUT2D eigenvalue weighted by molar-refractivity contribution is -0.385. The number of hydrogen-bond donors (Lipinski definition) is 1. The Bertz CT molecular complexity index is 723. The van der Waals surface area contributed by atoms with E-state index in [0.717, 1.165) is 17.7 Å². The number of hydrogen-bond acceptors (Lipinski definition) is 4. The number of nitriles is 1. The van der Waals surface area contributed by atoms with Crippen LogP contribution in [0.1, 0.15) is 11.1 Å². The second kappa shape index (κ2) is 5.36. The van der Waals surface area contributed by atoms with E-state index in [2.05, 4.69) is 5.32 Å². The van der Waals surface area contributed by atoms with Crippen molar-refractivity contribution in [2.45, 2.75) is 6.92 Å². The Morgan fingerprint density at radius 2 is 2.05 bits per heavy atom. The van der Waals surface area contributed by atoms with Gasteiger partial charge >= 0.3 is 0 Å². The van der Waals surface area contributed by atoms with Crippen LogP contribution in [-0.2, 0) is 0 Å². The zero-order valence-electron chi connectivity index (χ0n) is 10.6. The fourth-order valence-electron chi connectivity index (χ4n) is 1.73. The van der Waals surface area contributed by atoms with Crippen LogP contribution < -0.4 is 5.32 Å². The minimum absolute atomic E-state index is 0.259. The van der Waals surface area contributed by atoms with Crippen LogP contribution in [-0.4, -0.2) is 4.92 Å². The fraction of sp³-hybridized carbons (Fsp3) is 0.0714. The third-order valence-corrected chi connectivity index (χ3v) is 2.74. The molecule has 2 aromatic carbocycles. The monoisotopic (exact) mass is 271 g/mol. The summed E-state index contributed by atoms with van der Waals surface area (Å²) in [5, 5.41) is 22.4. The van der Waals surface area contributed by atoms with Crippen molar-refractivity contribution in [3.8, 4) is 6.07 Å². The number of benzene rings is 2. The normalized spacial score (nSPS) is 9.85. The molecule has 100 valence electrons. The summed E-state index contributed by atoms with van der Waals surface area (Å²) in [4.78, 5) is 10.0. The maximum absolute atomic E-state index is 13.3. The van der Waals surface area contributed by atoms with E-state index in [9.17, 15) is 14.5 Å². The Morgan fingerprint density at radius 3 is 2.70 bits per heavy atom. The van der Waals surface area contributed by atoms with E-state index >= 15 is 0 Å². The Labute approximate surface area is 114 Å². The maximum atomic E-state index is 13.3. The first kappa shape index (κ1) is 13.5. The molecule has 0 fully saturated rings. The average Bonchev–Trinajstić information content (AvgIpc) is 2.40. The van der Waals surface area contributed by atoms with Crippen LogP contribution in [0.3, 0.4) is 0 Å². The van der Waals surface area contributed by atoms with Crippen LogP contribution in [0.4, 0.5) is 21.5 Å². The Balaban J connectivity index is 2.40. The van der Waals surface area contributed by atoms with Gasteiger partial charge in [0.2, 0.25) is 0 Å². The first-order valence-electron chi connectivity index (χ1n) is 5.72. The lowest BCUT2D eigenvalue weighted by Crippen LogP contribution is -1.97. The number of rotatable bonds is 3. The third kappa shape index (κ3) is 2.90. The summed E-state index contributed by atoms with van der Waals surface area (Å²) in [6, 6.07) is 10.3. The number of anilines is 2. The number of non-ortho nitro benzene ring substituents is 1. The van der Waals surface area contributed by atoms with Crippen molar-refractivity contribution in [3.05, 3.63) is 63.5 Å². The number of nitro groups is 1. The molecule has 0 spiro atoms. The highest BCUT2D eigenvalue weighted by Gasteiger charge is 2.10. The molecular weight excluding hydrogens is 261 g/mol. The summed E-state index contributed by atoms with van der Waals surface area (Å²) < 4.78 is 13.3. The molecule has 0 unspecified atom stereocenters. The van der Waals surface area contributed by atoms with E-state index in [1.54, 1.807) is 18.2 Å². The molecular formula is C14H10FN3O2. The van der Waals surface area contributed by atoms with E-state index in [4.69, 9.17) is 5.26 Å². The third-order valence-electron chi connectivity index (χ3n) is 2.74. The van der Waals surface area contributed by atoms with Gasteiger partial charge < -0.3 is 5.32 Å². The maximum Gasteiger partial charge on any atom is 0.274 e. The van der Waals surface area contributed by atoms with Gasteiger partial charge in [-0.1, -0.05) is 6.07 Å². The molecule has 0 aliphatic carbocycles. The largest absolute Gasteiger partial charge is 0.355 e. The van der Waals surface area contributed by atoms with Gasteiger partial charge in [-0.3, -0.25) is 10.1 Å². The van der Waals surface area contributed by atoms with Gasteiger partial charge in [0.15, 0.2) is 0 Å². The molecule has 1 N–H and O–H groups in total. The molecule has 0 aliphatic rings. The summed E-state index contributed by atoms with van der Waals surface area (Å²) in [5.74, 6) is -0.698. The Kier molecular flexibility index (Phi) is 3.62. The first-order chi connectivity index (χ1) is 9.49. The van der Waals surface area contributed by atoms with E-state index in [-0.39, 0.29) is 11.4 Å². The summed E-state index contributed by atoms with van der Waals surface area (Å²) >= 11 is 0. The smallest absolute Gasteiger partial charge is 0.274 e. The summed E-state index contributed by atoms with van der Waals surface area (Å²) in [6.07, 6.45) is 0. The van der Waals surface area contributed by atoms with Crippen molar-refractivity contribution in [2.24, 2.45) is 0 Å². The molecule has 0 radical (unpaired) electrons. The minimum Gasteiger partial charge on any atom is -0.355 e. The minimum atomic E-state index is -0.698. The topological polar surface area (TPSA) is 79.0 Å². The lowest BCUT2D eigenvalue weighted by atomic mass is 10.1. The van der Waals surface area contributed by atoms with Crippen molar-refractivity contribution in [3.63, 3.8) is 0 Å². The van der Waals surface area contributed by atoms with Crippen molar-refractivity contribution >= 4 is 17.1 Å². The molecule has 0 bridgehead atoms. The van der Waals surface area contributed by atoms with Gasteiger partial charge in [0.1, 0.15) is 5.82 Å². The molecule has 0 aliphatic heterocycles. The van der Waals surface area contributed by atoms with Crippen LogP contribution in [0.5, 0.6) is 0 Å². The summed E-state index contributed by atoms with van der Waals surface area (Å²) in [6.45, 7) is 1.82. The zero-order valence-corrected chi connectivity index (χ0v) is 10.6. The molecule has 0 heterocycles. The molecule has 0 atom stereocenters. The molecule has 0 saturated carbocycles. The first-order valence-corrected chi connectivity index (χ1v) is 5.72. The highest BCUT2D eigenvalue weighted by Crippen LogP contribution is 2.25. The van der Waals surface area contributed by atoms with Crippen molar-refractivity contribution in [2.75, 3.05) is 5.32 Å². The molecule has 5 nitrogen and oxygen atoms in total. The average molecular weight is 271 g/mol. The molecule has 20 heavy (non-hydrogen) atoms. The molecule has 0 saturated heterocycles. The van der Waals surface area contributed by atoms with Crippen LogP contribution in [0.15, 0.2) is 36.4 Å². The van der Waals surface area contributed by atoms with Gasteiger partial charge in [-0.25, -0.2) is 4.39 Å². The van der Waals surface area contributed by atoms with Gasteiger partial charge in [0.25, 0.3) is 5.69 Å². The standard InChI is InChI=1S/C14H10FN3O2/c1-9-2-3-10(8-16)4-14(9)17-12-5-11(15)6-13(7-12)18(19)20/h2-7,17H,1H3. The SMILES string of the molecule is Cc1ccc(C#N)cc1Nc1cc(F)cc([N+](=O)[O-])c1. The second-order valence-electron chi connectivity index (χ2n) is 4.22. The fourth-order valence-corrected chi connectivity index (χ4v) is 1.73. The number of nitrogens with one attached hydrogen (secondary N) is 1. The molecule has 0 aromatic heterocycles. The van der Waals surface area contributed by atoms with Gasteiger partial charge in [-0.2, -0.15) is 5.26 Å². The van der Waals surface area contributed by atoms with E-state index < -0.39 is 10.7 Å². The molecule has 2 aromatic rings. The summed E-state index contributed by atoms with van der Waals surface area (Å²) in [7, 11) is 0. The number of nitro benzene ring substituents is 1. The van der Waals surface area contributed by atoms with E-state index in [1.807, 2.05) is 13.0 Å². The van der Waals surface area contributed by atoms with Crippen LogP contribution in [0.2, 0.25) is 0 Å². The van der Waals surface area contributed by atoms with Gasteiger partial charge in [-0.15, -0.1) is 0 Å². The van der Waals surface area contributed by atoms with Crippen LogP contribution in [0.25, 0.3) is 0 Å². The Morgan fingerprint density at radius 1 is 1.30 bits per heavy atom. The zero-order chi connectivity index (χ0) is 14.7. The second-order valence-corrected chi connectivity index (χ2v) is 4.22. The van der Waals surface area contributed by atoms with E-state index in [0.29, 0.717) is 11.3 Å². The highest BCUT2D eigenvalue weighted by molar-refractivity contribution is 5.66. The molecule has 2 rings (SSSR count). The van der Waals surface area contributed by atoms with Crippen molar-refractivity contribution < 1.29 is 9.31 Å². The van der Waals surface area contributed by atoms with Crippen molar-refractivity contribution in [1.82, 2.24) is 0 Å². The van der Waals surface area contributed by atoms with E-state index in [1.165, 1.54) is 6.07 Å². The van der Waals surface area contributed by atoms with Gasteiger partial charge in [-0.05, 0) is 30.7 Å². The van der Waals surface area contributed by atoms with Crippen molar-refractivity contribution in [1.29, 1.82) is 5.26 Å². The predicted molar refractivity (Wildman–Crippen MR) is 72.2 cm³/mol. The predicted octanol–water partition coefficient (Wildman–Crippen LogP) is 3.66. The van der Waals surface area contributed by atoms with Crippen LogP contribution >= 0.6 is 0 Å². The number of nitrogens with zero attached hydrogens (tertiary/aromatic N) is 2. The quantitative estimate of drug-likeness (QED) is 0.682. The summed E-state index contributed by atoms with van der Waals surface area (Å²) in [5.41, 5.74) is 1.82. The van der Waals surface area contributed by atoms with Crippen LogP contribution in [0, 0.1) is 34.2 Å². The van der Waals surface area contributed by atoms with Gasteiger partial charge in [0, 0.05) is 17.4 Å². The number of aryl methyl sites for hydroxylation is 1.